The monoisotopic (exact) mass is 993 g/mol. The highest BCUT2D eigenvalue weighted by atomic mass is 16.7. The number of oxime groups is 1. The highest BCUT2D eigenvalue weighted by Gasteiger charge is 2.65. The van der Waals surface area contributed by atoms with Crippen molar-refractivity contribution in [1.82, 2.24) is 9.88 Å². The number of carbonyl (C=O) groups is 1. The number of allylic oxidation sites excluding steroid dienone is 1. The maximum atomic E-state index is 15.2. The van der Waals surface area contributed by atoms with E-state index in [-0.39, 0.29) is 83.8 Å². The number of pyridine rings is 1. The summed E-state index contributed by atoms with van der Waals surface area (Å²) in [5.74, 6) is 0.127. The lowest BCUT2D eigenvalue weighted by molar-refractivity contribution is -0.256. The van der Waals surface area contributed by atoms with Crippen LogP contribution < -0.4 is 18.9 Å². The lowest BCUT2D eigenvalue weighted by atomic mass is 9.55. The molecule has 1 fully saturated rings. The zero-order chi connectivity index (χ0) is 50.4. The third-order valence-electron chi connectivity index (χ3n) is 14.2. The predicted molar refractivity (Wildman–Crippen MR) is 275 cm³/mol. The Kier molecular flexibility index (Phi) is 17.4. The fraction of sp³-hybridized carbons (Fsp3) is 0.407. The molecule has 2 aliphatic heterocycles. The van der Waals surface area contributed by atoms with Crippen LogP contribution in [-0.2, 0) is 45.4 Å². The van der Waals surface area contributed by atoms with E-state index in [2.05, 4.69) is 23.7 Å². The highest BCUT2D eigenvalue weighted by Crippen LogP contribution is 2.62. The van der Waals surface area contributed by atoms with Crippen molar-refractivity contribution in [2.24, 2.45) is 22.9 Å². The maximum absolute atomic E-state index is 15.2. The fourth-order valence-electron chi connectivity index (χ4n) is 10.9. The van der Waals surface area contributed by atoms with E-state index in [1.807, 2.05) is 116 Å². The molecule has 0 saturated heterocycles. The van der Waals surface area contributed by atoms with Crippen LogP contribution in [0.1, 0.15) is 84.5 Å². The summed E-state index contributed by atoms with van der Waals surface area (Å²) in [6.45, 7) is 7.50. The van der Waals surface area contributed by atoms with E-state index < -0.39 is 23.8 Å². The largest absolute Gasteiger partial charge is 0.487 e. The Labute approximate surface area is 428 Å². The number of hydrogen-bond donors (Lipinski definition) is 2. The van der Waals surface area contributed by atoms with Crippen LogP contribution in [0.25, 0.3) is 0 Å². The van der Waals surface area contributed by atoms with Gasteiger partial charge in [-0.2, -0.15) is 0 Å². The van der Waals surface area contributed by atoms with Gasteiger partial charge in [-0.15, -0.1) is 6.58 Å². The van der Waals surface area contributed by atoms with Crippen molar-refractivity contribution in [3.8, 4) is 23.0 Å². The zero-order valence-corrected chi connectivity index (χ0v) is 41.6. The zero-order valence-electron chi connectivity index (χ0n) is 41.6. The Balaban J connectivity index is 1.18. The van der Waals surface area contributed by atoms with Gasteiger partial charge in [-0.1, -0.05) is 103 Å². The van der Waals surface area contributed by atoms with Gasteiger partial charge in [-0.3, -0.25) is 9.88 Å². The first-order valence-electron chi connectivity index (χ1n) is 25.6. The molecule has 3 heterocycles. The van der Waals surface area contributed by atoms with Crippen molar-refractivity contribution in [2.45, 2.75) is 96.0 Å². The summed E-state index contributed by atoms with van der Waals surface area (Å²) >= 11 is 0. The van der Waals surface area contributed by atoms with E-state index >= 15 is 4.79 Å². The molecule has 5 aromatic rings. The second-order valence-electron chi connectivity index (χ2n) is 19.1. The topological polar surface area (TPSA) is 160 Å². The minimum Gasteiger partial charge on any atom is -0.487 e. The first-order valence-corrected chi connectivity index (χ1v) is 25.6. The fourth-order valence-corrected chi connectivity index (χ4v) is 10.9. The Morgan fingerprint density at radius 1 is 0.822 bits per heavy atom. The summed E-state index contributed by atoms with van der Waals surface area (Å²) < 4.78 is 45.0. The lowest BCUT2D eigenvalue weighted by Crippen LogP contribution is -2.70. The third kappa shape index (κ3) is 12.2. The molecule has 73 heavy (non-hydrogen) atoms. The molecule has 0 spiro atoms. The van der Waals surface area contributed by atoms with Crippen LogP contribution in [0.4, 0.5) is 4.79 Å². The molecule has 9 rings (SSSR count). The van der Waals surface area contributed by atoms with Crippen LogP contribution in [0, 0.1) is 24.7 Å². The minimum absolute atomic E-state index is 0.00306. The van der Waals surface area contributed by atoms with Crippen molar-refractivity contribution >= 4 is 11.8 Å². The van der Waals surface area contributed by atoms with E-state index in [0.717, 1.165) is 64.9 Å². The SMILES string of the molecule is C=CCO[C@@]12Oc3ccc(OCc4cccc(C)n4)cc3[C@H]3[C@H](CCCCO)[C@@H](CCCCO)C=C(C(=NOCc4ccccc4)C[C@@H]1N(Cc1ccc4c(c1)OCO4)C(=O)OCCOCc1ccccc1)[C@H]32. The van der Waals surface area contributed by atoms with E-state index in [9.17, 15) is 10.2 Å². The quantitative estimate of drug-likeness (QED) is 0.0324. The van der Waals surface area contributed by atoms with Crippen LogP contribution in [0.2, 0.25) is 0 Å². The molecule has 0 unspecified atom stereocenters. The molecule has 0 bridgehead atoms. The number of amides is 1. The van der Waals surface area contributed by atoms with Gasteiger partial charge >= 0.3 is 6.09 Å². The second kappa shape index (κ2) is 24.8. The molecule has 0 radical (unpaired) electrons. The van der Waals surface area contributed by atoms with Gasteiger partial charge in [0.15, 0.2) is 11.5 Å². The van der Waals surface area contributed by atoms with Gasteiger partial charge in [0.2, 0.25) is 12.6 Å². The molecule has 2 N–H and O–H groups in total. The number of aliphatic hydroxyl groups excluding tert-OH is 2. The molecule has 1 aromatic heterocycles. The maximum Gasteiger partial charge on any atom is 0.410 e. The Hall–Kier alpha value is -6.71. The smallest absolute Gasteiger partial charge is 0.410 e. The average molecular weight is 994 g/mol. The van der Waals surface area contributed by atoms with Gasteiger partial charge in [-0.05, 0) is 109 Å². The summed E-state index contributed by atoms with van der Waals surface area (Å²) in [4.78, 5) is 27.9. The van der Waals surface area contributed by atoms with Crippen LogP contribution in [0.15, 0.2) is 145 Å². The average Bonchev–Trinajstić information content (AvgIpc) is 3.90. The summed E-state index contributed by atoms with van der Waals surface area (Å²) in [6, 6.07) is 36.4. The molecule has 14 nitrogen and oxygen atoms in total. The molecule has 1 saturated carbocycles. The number of unbranched alkanes of at least 4 members (excludes halogenated alkanes) is 2. The summed E-state index contributed by atoms with van der Waals surface area (Å²) in [5.41, 5.74) is 6.96. The number of aliphatic hydroxyl groups is 2. The Bertz CT molecular complexity index is 2680. The number of nitrogens with zero attached hydrogens (tertiary/aromatic N) is 3. The molecule has 4 aromatic carbocycles. The van der Waals surface area contributed by atoms with Gasteiger partial charge in [0.1, 0.15) is 37.4 Å². The second-order valence-corrected chi connectivity index (χ2v) is 19.1. The number of carbonyl (C=O) groups excluding carboxylic acids is 1. The first-order chi connectivity index (χ1) is 35.9. The number of benzene rings is 4. The number of fused-ring (bicyclic) bond motifs is 3. The summed E-state index contributed by atoms with van der Waals surface area (Å²) in [7, 11) is 0. The number of aryl methyl sites for hydroxylation is 1. The predicted octanol–water partition coefficient (Wildman–Crippen LogP) is 10.4. The lowest BCUT2D eigenvalue weighted by Gasteiger charge is -2.59. The van der Waals surface area contributed by atoms with Gasteiger partial charge in [0.05, 0.1) is 37.1 Å². The van der Waals surface area contributed by atoms with Crippen LogP contribution in [-0.4, -0.2) is 83.6 Å². The Morgan fingerprint density at radius 3 is 2.34 bits per heavy atom. The standard InChI is InChI=1S/C59H67N3O11/c1-3-29-71-59-55(62(36-44-23-25-53-54(32-44)70-40-69-53)58(65)67-31-30-66-37-42-16-6-4-7-17-42)35-51(61-72-38-43-18-8-5-9-19-43)49-33-45(20-10-12-27-63)48(22-11-13-28-64)56(57(49)59)50-34-47(24-26-52(50)73-59)68-39-46-21-14-15-41(2)60-46/h3-9,14-19,21,23-26,32-34,45,48,55-57,63-64H,1,10-13,20,22,27-31,35-40H2,2H3/t45-,48+,55-,56+,57+,59+/m0/s1. The number of ether oxygens (including phenoxy) is 7. The molecule has 14 heteroatoms. The normalized spacial score (nSPS) is 21.8. The minimum atomic E-state index is -1.53. The van der Waals surface area contributed by atoms with Crippen LogP contribution in [0.5, 0.6) is 23.0 Å². The van der Waals surface area contributed by atoms with Crippen LogP contribution >= 0.6 is 0 Å². The molecule has 4 aliphatic rings. The van der Waals surface area contributed by atoms with E-state index in [0.29, 0.717) is 48.2 Å². The number of rotatable bonds is 25. The number of hydrogen-bond acceptors (Lipinski definition) is 13. The Morgan fingerprint density at radius 2 is 1.58 bits per heavy atom. The third-order valence-corrected chi connectivity index (χ3v) is 14.2. The number of aromatic nitrogens is 1. The van der Waals surface area contributed by atoms with Crippen molar-refractivity contribution in [2.75, 3.05) is 39.8 Å². The summed E-state index contributed by atoms with van der Waals surface area (Å²) in [6.07, 6.45) is 8.06. The molecule has 1 amide bonds. The summed E-state index contributed by atoms with van der Waals surface area (Å²) in [5, 5.41) is 25.2. The van der Waals surface area contributed by atoms with Crippen molar-refractivity contribution in [1.29, 1.82) is 0 Å². The van der Waals surface area contributed by atoms with E-state index in [4.69, 9.17) is 43.2 Å². The van der Waals surface area contributed by atoms with Crippen molar-refractivity contribution in [3.05, 3.63) is 173 Å². The van der Waals surface area contributed by atoms with Gasteiger partial charge in [0, 0.05) is 43.4 Å². The molecule has 6 atom stereocenters. The van der Waals surface area contributed by atoms with Crippen LogP contribution in [0.3, 0.4) is 0 Å². The van der Waals surface area contributed by atoms with Crippen molar-refractivity contribution in [3.63, 3.8) is 0 Å². The molecule has 384 valence electrons. The van der Waals surface area contributed by atoms with E-state index in [1.54, 1.807) is 11.0 Å². The van der Waals surface area contributed by atoms with Gasteiger partial charge in [0.25, 0.3) is 0 Å². The van der Waals surface area contributed by atoms with Gasteiger partial charge in [-0.25, -0.2) is 4.79 Å². The van der Waals surface area contributed by atoms with Gasteiger partial charge < -0.3 is 48.2 Å². The molecular formula is C59H67N3O11. The molecular weight excluding hydrogens is 927 g/mol. The first kappa shape index (κ1) is 51.2. The van der Waals surface area contributed by atoms with Crippen molar-refractivity contribution < 1.29 is 53.0 Å². The van der Waals surface area contributed by atoms with E-state index in [1.165, 1.54) is 0 Å². The molecule has 2 aliphatic carbocycles. The highest BCUT2D eigenvalue weighted by molar-refractivity contribution is 6.03.